The molecule has 1 heterocycles. The molecular formula is C23H26N2O5. The number of hydrogen-bond donors (Lipinski definition) is 1. The molecule has 0 bridgehead atoms. The third-order valence-corrected chi connectivity index (χ3v) is 5.92. The van der Waals surface area contributed by atoms with Crippen molar-refractivity contribution in [3.8, 4) is 17.2 Å². The molecule has 0 radical (unpaired) electrons. The second-order valence-electron chi connectivity index (χ2n) is 7.61. The zero-order valence-corrected chi connectivity index (χ0v) is 17.4. The summed E-state index contributed by atoms with van der Waals surface area (Å²) < 4.78 is 16.0. The fourth-order valence-electron chi connectivity index (χ4n) is 4.27. The van der Waals surface area contributed by atoms with Crippen LogP contribution in [0.25, 0.3) is 0 Å². The normalized spacial score (nSPS) is 20.1. The molecule has 2 aromatic rings. The smallest absolute Gasteiger partial charge is 0.227 e. The van der Waals surface area contributed by atoms with Gasteiger partial charge in [-0.05, 0) is 60.4 Å². The Morgan fingerprint density at radius 1 is 1.03 bits per heavy atom. The molecule has 2 atom stereocenters. The minimum absolute atomic E-state index is 0.0430. The molecule has 1 aliphatic carbocycles. The molecular weight excluding hydrogens is 384 g/mol. The Morgan fingerprint density at radius 2 is 1.73 bits per heavy atom. The van der Waals surface area contributed by atoms with Gasteiger partial charge in [-0.1, -0.05) is 0 Å². The van der Waals surface area contributed by atoms with Crippen molar-refractivity contribution in [2.45, 2.75) is 25.3 Å². The van der Waals surface area contributed by atoms with E-state index in [1.165, 1.54) is 0 Å². The van der Waals surface area contributed by atoms with Gasteiger partial charge in [0.1, 0.15) is 5.75 Å². The van der Waals surface area contributed by atoms with E-state index in [0.29, 0.717) is 18.0 Å². The Bertz CT molecular complexity index is 957. The molecule has 0 aromatic heterocycles. The van der Waals surface area contributed by atoms with E-state index in [1.54, 1.807) is 26.2 Å². The number of anilines is 1. The number of nitrogens with zero attached hydrogens (tertiary/aromatic N) is 1. The molecule has 0 unspecified atom stereocenters. The molecule has 1 saturated heterocycles. The van der Waals surface area contributed by atoms with Gasteiger partial charge in [-0.15, -0.1) is 0 Å². The van der Waals surface area contributed by atoms with E-state index in [1.807, 2.05) is 36.4 Å². The highest BCUT2D eigenvalue weighted by Crippen LogP contribution is 2.39. The van der Waals surface area contributed by atoms with E-state index in [0.717, 1.165) is 35.4 Å². The summed E-state index contributed by atoms with van der Waals surface area (Å²) in [6, 6.07) is 11.1. The standard InChI is InChI=1S/C23H26N2O5/c1-28-17-7-5-16(6-8-17)25-13-15(11-22(25)26)23(27)24-19-9-4-14-10-20(29-2)21(30-3)12-18(14)19/h5-8,10,12,15,19H,4,9,11,13H2,1-3H3,(H,24,27)/t15-,19+/m1/s1. The zero-order valence-electron chi connectivity index (χ0n) is 17.4. The minimum atomic E-state index is -0.371. The van der Waals surface area contributed by atoms with Crippen LogP contribution in [0.2, 0.25) is 0 Å². The summed E-state index contributed by atoms with van der Waals surface area (Å²) in [5, 5.41) is 3.14. The highest BCUT2D eigenvalue weighted by Gasteiger charge is 2.37. The lowest BCUT2D eigenvalue weighted by Crippen LogP contribution is -2.34. The van der Waals surface area contributed by atoms with Gasteiger partial charge in [0.05, 0.1) is 33.3 Å². The first-order valence-corrected chi connectivity index (χ1v) is 10.0. The number of methoxy groups -OCH3 is 3. The number of nitrogens with one attached hydrogen (secondary N) is 1. The Kier molecular flexibility index (Phi) is 5.53. The van der Waals surface area contributed by atoms with Gasteiger partial charge in [-0.3, -0.25) is 9.59 Å². The van der Waals surface area contributed by atoms with Gasteiger partial charge >= 0.3 is 0 Å². The molecule has 2 aliphatic rings. The molecule has 2 amide bonds. The van der Waals surface area contributed by atoms with Crippen LogP contribution in [0.4, 0.5) is 5.69 Å². The first-order valence-electron chi connectivity index (χ1n) is 10.0. The van der Waals surface area contributed by atoms with Crippen LogP contribution in [0, 0.1) is 5.92 Å². The number of carbonyl (C=O) groups is 2. The Morgan fingerprint density at radius 3 is 2.40 bits per heavy atom. The number of amides is 2. The monoisotopic (exact) mass is 410 g/mol. The predicted octanol–water partition coefficient (Wildman–Crippen LogP) is 2.87. The van der Waals surface area contributed by atoms with Crippen LogP contribution >= 0.6 is 0 Å². The maximum atomic E-state index is 12.9. The number of fused-ring (bicyclic) bond motifs is 1. The number of hydrogen-bond acceptors (Lipinski definition) is 5. The SMILES string of the molecule is COc1ccc(N2C[C@H](C(=O)N[C@H]3CCc4cc(OC)c(OC)cc43)CC2=O)cc1. The Hall–Kier alpha value is -3.22. The summed E-state index contributed by atoms with van der Waals surface area (Å²) in [7, 11) is 4.82. The van der Waals surface area contributed by atoms with Gasteiger partial charge in [0.2, 0.25) is 11.8 Å². The van der Waals surface area contributed by atoms with Crippen molar-refractivity contribution >= 4 is 17.5 Å². The first kappa shape index (κ1) is 20.1. The third kappa shape index (κ3) is 3.67. The van der Waals surface area contributed by atoms with Crippen LogP contribution in [-0.2, 0) is 16.0 Å². The van der Waals surface area contributed by atoms with Crippen LogP contribution < -0.4 is 24.4 Å². The van der Waals surface area contributed by atoms with Crippen molar-refractivity contribution in [3.63, 3.8) is 0 Å². The second-order valence-corrected chi connectivity index (χ2v) is 7.61. The maximum absolute atomic E-state index is 12.9. The molecule has 0 saturated carbocycles. The van der Waals surface area contributed by atoms with E-state index >= 15 is 0 Å². The number of rotatable bonds is 6. The predicted molar refractivity (Wildman–Crippen MR) is 112 cm³/mol. The fraction of sp³-hybridized carbons (Fsp3) is 0.391. The number of aryl methyl sites for hydroxylation is 1. The van der Waals surface area contributed by atoms with Crippen molar-refractivity contribution in [3.05, 3.63) is 47.5 Å². The Labute approximate surface area is 175 Å². The molecule has 4 rings (SSSR count). The lowest BCUT2D eigenvalue weighted by atomic mass is 10.0. The van der Waals surface area contributed by atoms with E-state index in [-0.39, 0.29) is 30.2 Å². The number of benzene rings is 2. The van der Waals surface area contributed by atoms with Crippen LogP contribution in [-0.4, -0.2) is 39.7 Å². The molecule has 0 spiro atoms. The summed E-state index contributed by atoms with van der Waals surface area (Å²) in [5.41, 5.74) is 2.98. The van der Waals surface area contributed by atoms with Crippen molar-refractivity contribution in [2.24, 2.45) is 5.92 Å². The van der Waals surface area contributed by atoms with E-state index in [9.17, 15) is 9.59 Å². The van der Waals surface area contributed by atoms with Gasteiger partial charge in [0.15, 0.2) is 11.5 Å². The summed E-state index contributed by atoms with van der Waals surface area (Å²) in [6.07, 6.45) is 1.89. The van der Waals surface area contributed by atoms with Crippen molar-refractivity contribution in [2.75, 3.05) is 32.8 Å². The molecule has 30 heavy (non-hydrogen) atoms. The minimum Gasteiger partial charge on any atom is -0.497 e. The van der Waals surface area contributed by atoms with Gasteiger partial charge in [0, 0.05) is 18.7 Å². The zero-order chi connectivity index (χ0) is 21.3. The summed E-state index contributed by atoms with van der Waals surface area (Å²) in [4.78, 5) is 27.1. The van der Waals surface area contributed by atoms with Crippen molar-refractivity contribution in [1.82, 2.24) is 5.32 Å². The van der Waals surface area contributed by atoms with E-state index in [2.05, 4.69) is 5.32 Å². The van der Waals surface area contributed by atoms with Crippen LogP contribution in [0.15, 0.2) is 36.4 Å². The summed E-state index contributed by atoms with van der Waals surface area (Å²) in [5.74, 6) is 1.57. The van der Waals surface area contributed by atoms with Gasteiger partial charge in [-0.25, -0.2) is 0 Å². The molecule has 1 aliphatic heterocycles. The second kappa shape index (κ2) is 8.26. The number of carbonyl (C=O) groups excluding carboxylic acids is 2. The third-order valence-electron chi connectivity index (χ3n) is 5.92. The molecule has 1 fully saturated rings. The molecule has 1 N–H and O–H groups in total. The molecule has 158 valence electrons. The largest absolute Gasteiger partial charge is 0.497 e. The average Bonchev–Trinajstić information content (AvgIpc) is 3.35. The van der Waals surface area contributed by atoms with E-state index in [4.69, 9.17) is 14.2 Å². The average molecular weight is 410 g/mol. The van der Waals surface area contributed by atoms with Gasteiger partial charge < -0.3 is 24.4 Å². The molecule has 2 aromatic carbocycles. The Balaban J connectivity index is 1.45. The maximum Gasteiger partial charge on any atom is 0.227 e. The lowest BCUT2D eigenvalue weighted by Gasteiger charge is -2.19. The van der Waals surface area contributed by atoms with Crippen molar-refractivity contribution < 1.29 is 23.8 Å². The quantitative estimate of drug-likeness (QED) is 0.793. The van der Waals surface area contributed by atoms with Crippen LogP contribution in [0.1, 0.15) is 30.0 Å². The van der Waals surface area contributed by atoms with Gasteiger partial charge in [0.25, 0.3) is 0 Å². The topological polar surface area (TPSA) is 77.1 Å². The van der Waals surface area contributed by atoms with Gasteiger partial charge in [-0.2, -0.15) is 0 Å². The fourth-order valence-corrected chi connectivity index (χ4v) is 4.27. The highest BCUT2D eigenvalue weighted by atomic mass is 16.5. The van der Waals surface area contributed by atoms with Crippen LogP contribution in [0.3, 0.4) is 0 Å². The summed E-state index contributed by atoms with van der Waals surface area (Å²) >= 11 is 0. The lowest BCUT2D eigenvalue weighted by molar-refractivity contribution is -0.127. The molecule has 7 heteroatoms. The molecule has 7 nitrogen and oxygen atoms in total. The van der Waals surface area contributed by atoms with Crippen LogP contribution in [0.5, 0.6) is 17.2 Å². The number of ether oxygens (including phenoxy) is 3. The first-order chi connectivity index (χ1) is 14.5. The van der Waals surface area contributed by atoms with E-state index < -0.39 is 0 Å². The highest BCUT2D eigenvalue weighted by molar-refractivity contribution is 6.00. The van der Waals surface area contributed by atoms with Crippen molar-refractivity contribution in [1.29, 1.82) is 0 Å². The summed E-state index contributed by atoms with van der Waals surface area (Å²) in [6.45, 7) is 0.377.